The number of hydrogen-bond acceptors (Lipinski definition) is 1. The van der Waals surface area contributed by atoms with Crippen molar-refractivity contribution in [1.29, 1.82) is 0 Å². The van der Waals surface area contributed by atoms with E-state index in [2.05, 4.69) is 34.1 Å². The molecule has 0 radical (unpaired) electrons. The Morgan fingerprint density at radius 1 is 0.760 bits per heavy atom. The van der Waals surface area contributed by atoms with E-state index in [0.29, 0.717) is 0 Å². The molecule has 4 aromatic rings. The van der Waals surface area contributed by atoms with E-state index in [1.54, 1.807) is 6.08 Å². The van der Waals surface area contributed by atoms with Gasteiger partial charge < -0.3 is 0 Å². The van der Waals surface area contributed by atoms with E-state index < -0.39 is 0 Å². The second kappa shape index (κ2) is 6.66. The molecule has 0 aliphatic heterocycles. The van der Waals surface area contributed by atoms with Crippen LogP contribution in [0.1, 0.15) is 15.9 Å². The van der Waals surface area contributed by atoms with Gasteiger partial charge in [0.1, 0.15) is 0 Å². The van der Waals surface area contributed by atoms with Gasteiger partial charge in [-0.2, -0.15) is 0 Å². The van der Waals surface area contributed by atoms with Crippen LogP contribution in [0.4, 0.5) is 0 Å². The van der Waals surface area contributed by atoms with Gasteiger partial charge in [-0.25, -0.2) is 0 Å². The normalized spacial score (nSPS) is 11.4. The zero-order valence-electron chi connectivity index (χ0n) is 13.4. The Balaban J connectivity index is 1.86. The van der Waals surface area contributed by atoms with Gasteiger partial charge in [0.05, 0.1) is 0 Å². The van der Waals surface area contributed by atoms with Gasteiger partial charge in [0.15, 0.2) is 5.78 Å². The largest absolute Gasteiger partial charge is 0.289 e. The average molecular weight is 387 g/mol. The maximum Gasteiger partial charge on any atom is 0.187 e. The van der Waals surface area contributed by atoms with Crippen LogP contribution >= 0.6 is 15.9 Å². The van der Waals surface area contributed by atoms with Gasteiger partial charge in [-0.3, -0.25) is 4.79 Å². The number of carbonyl (C=O) groups excluding carboxylic acids is 1. The van der Waals surface area contributed by atoms with Gasteiger partial charge in [0.2, 0.25) is 0 Å². The first-order valence-corrected chi connectivity index (χ1v) is 8.90. The highest BCUT2D eigenvalue weighted by Crippen LogP contribution is 2.29. The van der Waals surface area contributed by atoms with Crippen LogP contribution in [0.2, 0.25) is 0 Å². The Kier molecular flexibility index (Phi) is 4.21. The molecule has 4 aromatic carbocycles. The van der Waals surface area contributed by atoms with E-state index in [-0.39, 0.29) is 5.78 Å². The quantitative estimate of drug-likeness (QED) is 0.218. The Labute approximate surface area is 154 Å². The van der Waals surface area contributed by atoms with Crippen LogP contribution in [0.15, 0.2) is 89.4 Å². The van der Waals surface area contributed by atoms with E-state index in [1.165, 1.54) is 0 Å². The number of allylic oxidation sites excluding steroid dienone is 1. The second-order valence-electron chi connectivity index (χ2n) is 5.94. The minimum atomic E-state index is 0.0240. The van der Waals surface area contributed by atoms with Crippen LogP contribution in [0, 0.1) is 0 Å². The molecule has 0 N–H and O–H groups in total. The number of rotatable bonds is 3. The standard InChI is InChI=1S/C23H15BrO/c24-19-12-9-16(10-13-19)11-14-22(25)23-20-7-3-1-5-17(20)15-18-6-2-4-8-21(18)23/h1-15H/b14-11+. The molecule has 0 spiro atoms. The van der Waals surface area contributed by atoms with Crippen LogP contribution < -0.4 is 0 Å². The number of halogens is 1. The fraction of sp³-hybridized carbons (Fsp3) is 0. The van der Waals surface area contributed by atoms with Crippen LogP contribution in [0.5, 0.6) is 0 Å². The van der Waals surface area contributed by atoms with E-state index >= 15 is 0 Å². The highest BCUT2D eigenvalue weighted by molar-refractivity contribution is 9.10. The average Bonchev–Trinajstić information content (AvgIpc) is 2.65. The number of carbonyl (C=O) groups is 1. The number of benzene rings is 4. The molecular weight excluding hydrogens is 372 g/mol. The van der Waals surface area contributed by atoms with Gasteiger partial charge in [0.25, 0.3) is 0 Å². The summed E-state index contributed by atoms with van der Waals surface area (Å²) in [5.74, 6) is 0.0240. The molecular formula is C23H15BrO. The molecule has 0 unspecified atom stereocenters. The van der Waals surface area contributed by atoms with Crippen LogP contribution in [0.3, 0.4) is 0 Å². The van der Waals surface area contributed by atoms with Crippen molar-refractivity contribution < 1.29 is 4.79 Å². The Morgan fingerprint density at radius 2 is 1.32 bits per heavy atom. The zero-order chi connectivity index (χ0) is 17.2. The molecule has 2 heteroatoms. The van der Waals surface area contributed by atoms with E-state index in [0.717, 1.165) is 37.1 Å². The van der Waals surface area contributed by atoms with Crippen molar-refractivity contribution in [1.82, 2.24) is 0 Å². The lowest BCUT2D eigenvalue weighted by molar-refractivity contribution is 0.105. The molecule has 4 rings (SSSR count). The van der Waals surface area contributed by atoms with Crippen LogP contribution in [-0.2, 0) is 0 Å². The van der Waals surface area contributed by atoms with Gasteiger partial charge in [0, 0.05) is 10.0 Å². The second-order valence-corrected chi connectivity index (χ2v) is 6.86. The first kappa shape index (κ1) is 15.8. The van der Waals surface area contributed by atoms with Gasteiger partial charge in [-0.15, -0.1) is 0 Å². The van der Waals surface area contributed by atoms with Crippen molar-refractivity contribution in [3.05, 3.63) is 101 Å². The lowest BCUT2D eigenvalue weighted by Gasteiger charge is -2.09. The monoisotopic (exact) mass is 386 g/mol. The first-order valence-electron chi connectivity index (χ1n) is 8.11. The molecule has 0 amide bonds. The summed E-state index contributed by atoms with van der Waals surface area (Å²) in [5.41, 5.74) is 1.77. The molecule has 0 atom stereocenters. The summed E-state index contributed by atoms with van der Waals surface area (Å²) in [4.78, 5) is 13.0. The summed E-state index contributed by atoms with van der Waals surface area (Å²) in [7, 11) is 0. The number of ketones is 1. The predicted molar refractivity (Wildman–Crippen MR) is 109 cm³/mol. The SMILES string of the molecule is O=C(/C=C/c1ccc(Br)cc1)c1c2ccccc2cc2ccccc12. The third-order valence-electron chi connectivity index (χ3n) is 4.31. The Bertz CT molecular complexity index is 1050. The molecule has 0 bridgehead atoms. The van der Waals surface area contributed by atoms with Crippen molar-refractivity contribution in [3.63, 3.8) is 0 Å². The summed E-state index contributed by atoms with van der Waals surface area (Å²) >= 11 is 3.43. The van der Waals surface area contributed by atoms with Crippen molar-refractivity contribution in [2.75, 3.05) is 0 Å². The Morgan fingerprint density at radius 3 is 1.92 bits per heavy atom. The molecule has 0 saturated heterocycles. The maximum absolute atomic E-state index is 13.0. The minimum Gasteiger partial charge on any atom is -0.289 e. The highest BCUT2D eigenvalue weighted by Gasteiger charge is 2.12. The number of fused-ring (bicyclic) bond motifs is 2. The summed E-state index contributed by atoms with van der Waals surface area (Å²) in [6, 6.07) is 26.1. The van der Waals surface area contributed by atoms with Gasteiger partial charge in [-0.1, -0.05) is 82.7 Å². The summed E-state index contributed by atoms with van der Waals surface area (Å²) in [6.45, 7) is 0. The van der Waals surface area contributed by atoms with Crippen molar-refractivity contribution in [3.8, 4) is 0 Å². The van der Waals surface area contributed by atoms with Crippen molar-refractivity contribution >= 4 is 49.3 Å². The molecule has 120 valence electrons. The molecule has 0 heterocycles. The highest BCUT2D eigenvalue weighted by atomic mass is 79.9. The van der Waals surface area contributed by atoms with Crippen molar-refractivity contribution in [2.45, 2.75) is 0 Å². The fourth-order valence-corrected chi connectivity index (χ4v) is 3.37. The maximum atomic E-state index is 13.0. The van der Waals surface area contributed by atoms with Crippen LogP contribution in [0.25, 0.3) is 27.6 Å². The van der Waals surface area contributed by atoms with Crippen LogP contribution in [-0.4, -0.2) is 5.78 Å². The molecule has 25 heavy (non-hydrogen) atoms. The molecule has 1 nitrogen and oxygen atoms in total. The molecule has 0 aromatic heterocycles. The molecule has 0 fully saturated rings. The van der Waals surface area contributed by atoms with Gasteiger partial charge in [-0.05, 0) is 51.4 Å². The van der Waals surface area contributed by atoms with Crippen molar-refractivity contribution in [2.24, 2.45) is 0 Å². The summed E-state index contributed by atoms with van der Waals surface area (Å²) < 4.78 is 1.02. The predicted octanol–water partition coefficient (Wildman–Crippen LogP) is 6.65. The molecule has 0 aliphatic rings. The number of hydrogen-bond donors (Lipinski definition) is 0. The smallest absolute Gasteiger partial charge is 0.187 e. The van der Waals surface area contributed by atoms with E-state index in [1.807, 2.05) is 66.7 Å². The lowest BCUT2D eigenvalue weighted by atomic mass is 9.94. The zero-order valence-corrected chi connectivity index (χ0v) is 15.0. The Hall–Kier alpha value is -2.71. The van der Waals surface area contributed by atoms with E-state index in [4.69, 9.17) is 0 Å². The topological polar surface area (TPSA) is 17.1 Å². The first-order chi connectivity index (χ1) is 12.2. The minimum absolute atomic E-state index is 0.0240. The fourth-order valence-electron chi connectivity index (χ4n) is 3.11. The van der Waals surface area contributed by atoms with Gasteiger partial charge >= 0.3 is 0 Å². The third-order valence-corrected chi connectivity index (χ3v) is 4.84. The summed E-state index contributed by atoms with van der Waals surface area (Å²) in [5, 5.41) is 4.15. The lowest BCUT2D eigenvalue weighted by Crippen LogP contribution is -1.98. The summed E-state index contributed by atoms with van der Waals surface area (Å²) in [6.07, 6.45) is 3.53. The van der Waals surface area contributed by atoms with E-state index in [9.17, 15) is 4.79 Å². The third kappa shape index (κ3) is 3.13. The molecule has 0 aliphatic carbocycles. The molecule has 0 saturated carbocycles.